The fraction of sp³-hybridized carbons (Fsp3) is 0.214. The van der Waals surface area contributed by atoms with Crippen molar-refractivity contribution in [2.45, 2.75) is 5.25 Å². The van der Waals surface area contributed by atoms with E-state index in [1.165, 1.54) is 24.5 Å². The van der Waals surface area contributed by atoms with Crippen molar-refractivity contribution in [2.24, 2.45) is 0 Å². The second kappa shape index (κ2) is 6.82. The van der Waals surface area contributed by atoms with Crippen LogP contribution in [-0.2, 0) is 20.3 Å². The fourth-order valence-electron chi connectivity index (χ4n) is 2.17. The molecule has 0 saturated carbocycles. The van der Waals surface area contributed by atoms with Crippen LogP contribution in [0.1, 0.15) is 10.8 Å². The summed E-state index contributed by atoms with van der Waals surface area (Å²) in [4.78, 5) is 11.8. The van der Waals surface area contributed by atoms with Crippen LogP contribution < -0.4 is 0 Å². The van der Waals surface area contributed by atoms with Crippen LogP contribution in [0.4, 0.5) is 0 Å². The summed E-state index contributed by atoms with van der Waals surface area (Å²) in [6.07, 6.45) is 1.30. The van der Waals surface area contributed by atoms with Gasteiger partial charge in [-0.2, -0.15) is 0 Å². The van der Waals surface area contributed by atoms with E-state index in [0.717, 1.165) is 17.7 Å². The predicted molar refractivity (Wildman–Crippen MR) is 87.9 cm³/mol. The van der Waals surface area contributed by atoms with Crippen LogP contribution >= 0.6 is 23.2 Å². The van der Waals surface area contributed by atoms with Crippen LogP contribution in [0, 0.1) is 0 Å². The summed E-state index contributed by atoms with van der Waals surface area (Å²) in [6.45, 7) is 0. The van der Waals surface area contributed by atoms with Crippen LogP contribution in [0.25, 0.3) is 5.69 Å². The molecule has 1 heterocycles. The lowest BCUT2D eigenvalue weighted by molar-refractivity contribution is -0.140. The fourth-order valence-corrected chi connectivity index (χ4v) is 3.58. The molecule has 0 bridgehead atoms. The summed E-state index contributed by atoms with van der Waals surface area (Å²) in [7, 11) is -0.520. The number of halogens is 2. The Kier molecular flexibility index (Phi) is 5.23. The molecule has 2 rings (SSSR count). The van der Waals surface area contributed by atoms with Crippen LogP contribution in [0.3, 0.4) is 0 Å². The van der Waals surface area contributed by atoms with Crippen molar-refractivity contribution in [3.63, 3.8) is 0 Å². The Bertz CT molecular complexity index is 769. The molecular formula is C14H13Cl2NO5S. The van der Waals surface area contributed by atoms with Crippen molar-refractivity contribution in [3.8, 4) is 17.4 Å². The Balaban J connectivity index is 2.63. The number of carbonyl (C=O) groups is 1. The maximum Gasteiger partial charge on any atom is 0.326 e. The smallest absolute Gasteiger partial charge is 0.326 e. The number of nitrogens with zero attached hydrogens (tertiary/aromatic N) is 1. The zero-order valence-corrected chi connectivity index (χ0v) is 14.4. The van der Waals surface area contributed by atoms with Gasteiger partial charge < -0.3 is 14.9 Å². The van der Waals surface area contributed by atoms with E-state index in [1.807, 2.05) is 0 Å². The molecule has 2 atom stereocenters. The van der Waals surface area contributed by atoms with Crippen LogP contribution in [0.15, 0.2) is 24.3 Å². The van der Waals surface area contributed by atoms with E-state index in [1.54, 1.807) is 0 Å². The van der Waals surface area contributed by atoms with Gasteiger partial charge in [-0.3, -0.25) is 13.6 Å². The molecule has 2 N–H and O–H groups in total. The molecule has 1 aromatic carbocycles. The Hall–Kier alpha value is -1.70. The van der Waals surface area contributed by atoms with Crippen molar-refractivity contribution >= 4 is 40.0 Å². The van der Waals surface area contributed by atoms with Gasteiger partial charge in [-0.25, -0.2) is 0 Å². The lowest BCUT2D eigenvalue weighted by atomic mass is 10.2. The summed E-state index contributed by atoms with van der Waals surface area (Å²) in [6, 6.07) is 5.57. The van der Waals surface area contributed by atoms with E-state index in [2.05, 4.69) is 4.74 Å². The zero-order chi connectivity index (χ0) is 17.3. The number of aromatic nitrogens is 1. The Morgan fingerprint density at radius 3 is 2.26 bits per heavy atom. The molecule has 0 saturated heterocycles. The van der Waals surface area contributed by atoms with Gasteiger partial charge in [-0.1, -0.05) is 23.2 Å². The number of rotatable bonds is 4. The van der Waals surface area contributed by atoms with Crippen molar-refractivity contribution in [1.82, 2.24) is 4.57 Å². The average Bonchev–Trinajstić information content (AvgIpc) is 2.72. The first kappa shape index (κ1) is 17.7. The molecule has 0 amide bonds. The van der Waals surface area contributed by atoms with Crippen LogP contribution in [0.2, 0.25) is 10.0 Å². The Morgan fingerprint density at radius 2 is 1.78 bits per heavy atom. The molecule has 0 aliphatic heterocycles. The quantitative estimate of drug-likeness (QED) is 0.799. The summed E-state index contributed by atoms with van der Waals surface area (Å²) < 4.78 is 17.5. The van der Waals surface area contributed by atoms with Gasteiger partial charge in [-0.05, 0) is 18.2 Å². The average molecular weight is 378 g/mol. The minimum Gasteiger partial charge on any atom is -0.494 e. The number of carbonyl (C=O) groups excluding carboxylic acids is 1. The van der Waals surface area contributed by atoms with Gasteiger partial charge >= 0.3 is 5.97 Å². The standard InChI is InChI=1S/C14H13Cl2NO5S/c1-22-14(20)12(23(2)21)10-6-11(18)17(13(10)19)9-4-7(15)3-8(16)5-9/h3-6,12,18-19H,1-2H3. The lowest BCUT2D eigenvalue weighted by Crippen LogP contribution is -2.18. The highest BCUT2D eigenvalue weighted by Gasteiger charge is 2.32. The number of aromatic hydroxyl groups is 2. The predicted octanol–water partition coefficient (Wildman–Crippen LogP) is 2.79. The summed E-state index contributed by atoms with van der Waals surface area (Å²) >= 11 is 11.8. The van der Waals surface area contributed by atoms with Crippen LogP contribution in [-0.4, -0.2) is 38.3 Å². The van der Waals surface area contributed by atoms with Gasteiger partial charge in [-0.15, -0.1) is 0 Å². The summed E-state index contributed by atoms with van der Waals surface area (Å²) in [5.74, 6) is -1.61. The summed E-state index contributed by atoms with van der Waals surface area (Å²) in [5, 5.41) is 19.8. The molecule has 1 aromatic heterocycles. The molecule has 0 spiro atoms. The van der Waals surface area contributed by atoms with Gasteiger partial charge in [0.2, 0.25) is 5.88 Å². The van der Waals surface area contributed by atoms with Crippen molar-refractivity contribution in [3.05, 3.63) is 39.9 Å². The third kappa shape index (κ3) is 3.46. The monoisotopic (exact) mass is 377 g/mol. The van der Waals surface area contributed by atoms with E-state index >= 15 is 0 Å². The van der Waals surface area contributed by atoms with Gasteiger partial charge in [0.05, 0.1) is 12.8 Å². The molecule has 6 nitrogen and oxygen atoms in total. The van der Waals surface area contributed by atoms with E-state index < -0.39 is 27.9 Å². The normalized spacial score (nSPS) is 13.6. The number of hydrogen-bond acceptors (Lipinski definition) is 5. The first-order chi connectivity index (χ1) is 10.8. The molecule has 124 valence electrons. The summed E-state index contributed by atoms with van der Waals surface area (Å²) in [5.41, 5.74) is 0.264. The van der Waals surface area contributed by atoms with E-state index in [9.17, 15) is 19.2 Å². The Morgan fingerprint density at radius 1 is 1.22 bits per heavy atom. The van der Waals surface area contributed by atoms with Gasteiger partial charge in [0.25, 0.3) is 0 Å². The van der Waals surface area contributed by atoms with Crippen molar-refractivity contribution < 1.29 is 24.0 Å². The van der Waals surface area contributed by atoms with Crippen molar-refractivity contribution in [1.29, 1.82) is 0 Å². The molecule has 2 unspecified atom stereocenters. The van der Waals surface area contributed by atoms with E-state index in [-0.39, 0.29) is 17.1 Å². The first-order valence-electron chi connectivity index (χ1n) is 6.26. The van der Waals surface area contributed by atoms with Gasteiger partial charge in [0.1, 0.15) is 0 Å². The third-order valence-electron chi connectivity index (χ3n) is 3.12. The number of esters is 1. The highest BCUT2D eigenvalue weighted by molar-refractivity contribution is 7.85. The molecule has 0 fully saturated rings. The molecule has 0 aliphatic rings. The van der Waals surface area contributed by atoms with Crippen molar-refractivity contribution in [2.75, 3.05) is 13.4 Å². The Labute approximate surface area is 144 Å². The molecule has 9 heteroatoms. The maximum atomic E-state index is 11.8. The van der Waals surface area contributed by atoms with E-state index in [4.69, 9.17) is 23.2 Å². The number of benzene rings is 1. The SMILES string of the molecule is COC(=O)C(c1cc(O)n(-c2cc(Cl)cc(Cl)c2)c1O)S(C)=O. The molecule has 0 aliphatic carbocycles. The van der Waals surface area contributed by atoms with Gasteiger partial charge in [0.15, 0.2) is 11.1 Å². The topological polar surface area (TPSA) is 88.8 Å². The van der Waals surface area contributed by atoms with E-state index in [0.29, 0.717) is 10.0 Å². The number of methoxy groups -OCH3 is 1. The molecule has 23 heavy (non-hydrogen) atoms. The zero-order valence-electron chi connectivity index (χ0n) is 12.1. The minimum absolute atomic E-state index is 0.0220. The van der Waals surface area contributed by atoms with Gasteiger partial charge in [0, 0.05) is 38.7 Å². The number of ether oxygens (including phenoxy) is 1. The lowest BCUT2D eigenvalue weighted by Gasteiger charge is -2.12. The third-order valence-corrected chi connectivity index (χ3v) is 4.67. The largest absolute Gasteiger partial charge is 0.494 e. The highest BCUT2D eigenvalue weighted by atomic mass is 35.5. The molecule has 2 aromatic rings. The molecule has 0 radical (unpaired) electrons. The number of hydrogen-bond donors (Lipinski definition) is 2. The second-order valence-electron chi connectivity index (χ2n) is 4.65. The maximum absolute atomic E-state index is 11.8. The highest BCUT2D eigenvalue weighted by Crippen LogP contribution is 2.38. The molecular weight excluding hydrogens is 365 g/mol. The minimum atomic E-state index is -1.67. The second-order valence-corrected chi connectivity index (χ2v) is 6.99. The van der Waals surface area contributed by atoms with Crippen LogP contribution in [0.5, 0.6) is 11.8 Å². The first-order valence-corrected chi connectivity index (χ1v) is 8.64.